The number of amides is 1. The van der Waals surface area contributed by atoms with Crippen LogP contribution in [0.5, 0.6) is 0 Å². The Morgan fingerprint density at radius 1 is 1.82 bits per heavy atom. The van der Waals surface area contributed by atoms with E-state index >= 15 is 0 Å². The van der Waals surface area contributed by atoms with Gasteiger partial charge in [0.15, 0.2) is 0 Å². The molecule has 1 unspecified atom stereocenters. The van der Waals surface area contributed by atoms with Crippen LogP contribution in [0.25, 0.3) is 0 Å². The van der Waals surface area contributed by atoms with E-state index in [1.807, 2.05) is 22.9 Å². The average Bonchev–Trinajstić information content (AvgIpc) is 2.03. The van der Waals surface area contributed by atoms with E-state index in [0.29, 0.717) is 5.37 Å². The lowest BCUT2D eigenvalue weighted by molar-refractivity contribution is -0.137. The highest BCUT2D eigenvalue weighted by Gasteiger charge is 2.37. The molecule has 2 rings (SSSR count). The molecule has 0 bridgehead atoms. The second-order valence-corrected chi connectivity index (χ2v) is 4.20. The summed E-state index contributed by atoms with van der Waals surface area (Å²) in [6.45, 7) is 0. The number of carbonyl (C=O) groups is 1. The molecule has 0 aromatic carbocycles. The number of fused-ring (bicyclic) bond motifs is 1. The minimum Gasteiger partial charge on any atom is -0.306 e. The van der Waals surface area contributed by atoms with Crippen LogP contribution in [-0.2, 0) is 4.79 Å². The molecule has 0 aromatic heterocycles. The fraction of sp³-hybridized carbons (Fsp3) is 0.571. The van der Waals surface area contributed by atoms with Gasteiger partial charge in [-0.25, -0.2) is 0 Å². The van der Waals surface area contributed by atoms with Crippen molar-refractivity contribution in [2.24, 2.45) is 0 Å². The number of carbonyl (C=O) groups excluding carboxylic acids is 1. The van der Waals surface area contributed by atoms with Crippen molar-refractivity contribution >= 4 is 30.3 Å². The molecule has 1 amide bonds. The van der Waals surface area contributed by atoms with Gasteiger partial charge in [0.05, 0.1) is 11.8 Å². The molecule has 1 saturated heterocycles. The van der Waals surface area contributed by atoms with Crippen molar-refractivity contribution in [1.29, 1.82) is 0 Å². The maximum atomic E-state index is 11.0. The summed E-state index contributed by atoms with van der Waals surface area (Å²) in [5.74, 6) is 2.06. The van der Waals surface area contributed by atoms with Crippen LogP contribution in [0, 0.1) is 0 Å². The quantitative estimate of drug-likeness (QED) is 0.490. The first-order valence-electron chi connectivity index (χ1n) is 3.54. The maximum absolute atomic E-state index is 11.0. The number of nitrogens with zero attached hydrogens (tertiary/aromatic N) is 1. The van der Waals surface area contributed by atoms with Crippen LogP contribution in [0.4, 0.5) is 0 Å². The van der Waals surface area contributed by atoms with E-state index < -0.39 is 0 Å². The lowest BCUT2D eigenvalue weighted by Crippen LogP contribution is -2.49. The zero-order valence-electron chi connectivity index (χ0n) is 5.99. The molecule has 0 spiro atoms. The van der Waals surface area contributed by atoms with Gasteiger partial charge in [-0.1, -0.05) is 0 Å². The fourth-order valence-electron chi connectivity index (χ4n) is 1.22. The van der Waals surface area contributed by atoms with Crippen molar-refractivity contribution in [1.82, 2.24) is 4.90 Å². The predicted octanol–water partition coefficient (Wildman–Crippen LogP) is 1.11. The van der Waals surface area contributed by atoms with Crippen molar-refractivity contribution in [2.75, 3.05) is 11.5 Å². The summed E-state index contributed by atoms with van der Waals surface area (Å²) in [6.07, 6.45) is 2.68. The molecule has 2 aliphatic heterocycles. The first-order valence-corrected chi connectivity index (χ1v) is 5.22. The second kappa shape index (κ2) is 2.75. The smallest absolute Gasteiger partial charge is 0.230 e. The Labute approximate surface area is 75.4 Å². The molecule has 2 aliphatic rings. The third-order valence-corrected chi connectivity index (χ3v) is 3.66. The third kappa shape index (κ3) is 1.18. The highest BCUT2D eigenvalue weighted by Crippen LogP contribution is 2.35. The van der Waals surface area contributed by atoms with E-state index in [9.17, 15) is 4.79 Å². The SMILES string of the molecule is O=C1CC2SCC(CS)=CN12. The van der Waals surface area contributed by atoms with Gasteiger partial charge in [-0.05, 0) is 5.57 Å². The van der Waals surface area contributed by atoms with Crippen LogP contribution in [0.2, 0.25) is 0 Å². The van der Waals surface area contributed by atoms with Gasteiger partial charge in [0, 0.05) is 17.7 Å². The summed E-state index contributed by atoms with van der Waals surface area (Å²) in [6, 6.07) is 0. The Morgan fingerprint density at radius 2 is 2.64 bits per heavy atom. The van der Waals surface area contributed by atoms with Crippen molar-refractivity contribution in [3.05, 3.63) is 11.8 Å². The number of hydrogen-bond acceptors (Lipinski definition) is 3. The monoisotopic (exact) mass is 187 g/mol. The molecule has 60 valence electrons. The number of thiol groups is 1. The van der Waals surface area contributed by atoms with Gasteiger partial charge < -0.3 is 4.90 Å². The zero-order chi connectivity index (χ0) is 7.84. The Balaban J connectivity index is 2.13. The van der Waals surface area contributed by atoms with Crippen LogP contribution in [-0.4, -0.2) is 27.7 Å². The molecule has 4 heteroatoms. The molecular formula is C7H9NOS2. The summed E-state index contributed by atoms with van der Waals surface area (Å²) in [5.41, 5.74) is 1.25. The molecular weight excluding hydrogens is 178 g/mol. The molecule has 2 heterocycles. The molecule has 0 aromatic rings. The highest BCUT2D eigenvalue weighted by molar-refractivity contribution is 8.00. The van der Waals surface area contributed by atoms with Gasteiger partial charge in [-0.3, -0.25) is 4.79 Å². The van der Waals surface area contributed by atoms with Crippen molar-refractivity contribution in [3.63, 3.8) is 0 Å². The first kappa shape index (κ1) is 7.55. The molecule has 0 radical (unpaired) electrons. The summed E-state index contributed by atoms with van der Waals surface area (Å²) < 4.78 is 0. The van der Waals surface area contributed by atoms with Crippen LogP contribution in [0.15, 0.2) is 11.8 Å². The minimum absolute atomic E-state index is 0.251. The normalized spacial score (nSPS) is 29.2. The Bertz CT molecular complexity index is 226. The largest absolute Gasteiger partial charge is 0.306 e. The third-order valence-electron chi connectivity index (χ3n) is 1.93. The van der Waals surface area contributed by atoms with Gasteiger partial charge in [0.2, 0.25) is 5.91 Å². The van der Waals surface area contributed by atoms with E-state index in [-0.39, 0.29) is 5.91 Å². The maximum Gasteiger partial charge on any atom is 0.230 e. The Morgan fingerprint density at radius 3 is 3.27 bits per heavy atom. The van der Waals surface area contributed by atoms with Crippen LogP contribution < -0.4 is 0 Å². The Kier molecular flexibility index (Phi) is 1.89. The summed E-state index contributed by atoms with van der Waals surface area (Å²) >= 11 is 6.01. The number of thioether (sulfide) groups is 1. The molecule has 2 nitrogen and oxygen atoms in total. The van der Waals surface area contributed by atoms with Crippen LogP contribution >= 0.6 is 24.4 Å². The topological polar surface area (TPSA) is 20.3 Å². The highest BCUT2D eigenvalue weighted by atomic mass is 32.2. The van der Waals surface area contributed by atoms with E-state index in [1.165, 1.54) is 5.57 Å². The van der Waals surface area contributed by atoms with E-state index in [0.717, 1.165) is 17.9 Å². The van der Waals surface area contributed by atoms with Gasteiger partial charge in [-0.2, -0.15) is 12.6 Å². The second-order valence-electron chi connectivity index (χ2n) is 2.72. The standard InChI is InChI=1S/C7H9NOS2/c9-6-1-7-8(6)2-5(3-10)4-11-7/h2,7,10H,1,3-4H2. The molecule has 0 aliphatic carbocycles. The van der Waals surface area contributed by atoms with Crippen LogP contribution in [0.3, 0.4) is 0 Å². The summed E-state index contributed by atoms with van der Waals surface area (Å²) in [7, 11) is 0. The van der Waals surface area contributed by atoms with Gasteiger partial charge in [-0.15, -0.1) is 11.8 Å². The van der Waals surface area contributed by atoms with Gasteiger partial charge in [0.25, 0.3) is 0 Å². The van der Waals surface area contributed by atoms with E-state index in [1.54, 1.807) is 0 Å². The number of β-lactam (4-membered cyclic amide) rings is 1. The molecule has 1 atom stereocenters. The predicted molar refractivity (Wildman–Crippen MR) is 49.6 cm³/mol. The van der Waals surface area contributed by atoms with Gasteiger partial charge >= 0.3 is 0 Å². The molecule has 0 N–H and O–H groups in total. The van der Waals surface area contributed by atoms with Crippen molar-refractivity contribution < 1.29 is 4.79 Å². The van der Waals surface area contributed by atoms with Gasteiger partial charge in [0.1, 0.15) is 0 Å². The van der Waals surface area contributed by atoms with E-state index in [2.05, 4.69) is 12.6 Å². The average molecular weight is 187 g/mol. The molecule has 11 heavy (non-hydrogen) atoms. The minimum atomic E-state index is 0.251. The zero-order valence-corrected chi connectivity index (χ0v) is 7.70. The van der Waals surface area contributed by atoms with Crippen molar-refractivity contribution in [2.45, 2.75) is 11.8 Å². The lowest BCUT2D eigenvalue weighted by Gasteiger charge is -2.40. The number of hydrogen-bond donors (Lipinski definition) is 1. The van der Waals surface area contributed by atoms with E-state index in [4.69, 9.17) is 0 Å². The summed E-state index contributed by atoms with van der Waals surface area (Å²) in [5, 5.41) is 0.436. The molecule has 0 saturated carbocycles. The van der Waals surface area contributed by atoms with Crippen molar-refractivity contribution in [3.8, 4) is 0 Å². The number of rotatable bonds is 1. The van der Waals surface area contributed by atoms with Crippen LogP contribution in [0.1, 0.15) is 6.42 Å². The Hall–Kier alpha value is -0.0900. The fourth-order valence-corrected chi connectivity index (χ4v) is 2.75. The first-order chi connectivity index (χ1) is 5.31. The summed E-state index contributed by atoms with van der Waals surface area (Å²) in [4.78, 5) is 12.8. The molecule has 1 fully saturated rings. The lowest BCUT2D eigenvalue weighted by atomic mass is 10.2.